The number of nitrogens with one attached hydrogen (secondary N) is 1. The molecule has 2 N–H and O–H groups in total. The van der Waals surface area contributed by atoms with Crippen molar-refractivity contribution in [3.05, 3.63) is 34.3 Å². The van der Waals surface area contributed by atoms with Crippen molar-refractivity contribution < 1.29 is 19.5 Å². The molecule has 6 nitrogen and oxygen atoms in total. The van der Waals surface area contributed by atoms with Crippen molar-refractivity contribution in [2.24, 2.45) is 0 Å². The molecule has 0 aliphatic rings. The Balaban J connectivity index is 2.44. The van der Waals surface area contributed by atoms with Crippen molar-refractivity contribution in [2.75, 3.05) is 20.1 Å². The van der Waals surface area contributed by atoms with Crippen LogP contribution in [0.15, 0.2) is 28.7 Å². The Morgan fingerprint density at radius 1 is 1.35 bits per heavy atom. The van der Waals surface area contributed by atoms with E-state index in [9.17, 15) is 14.4 Å². The smallest absolute Gasteiger partial charge is 0.305 e. The van der Waals surface area contributed by atoms with E-state index >= 15 is 0 Å². The number of carboxylic acid groups (broad SMARTS) is 1. The standard InChI is InChI=1S/C13H15BrN2O4/c1-16(6-5-12(18)19)11(17)8-15-13(20)9-3-2-4-10(14)7-9/h2-4,7H,5-6,8H2,1H3,(H,15,20)(H,18,19). The fraction of sp³-hybridized carbons (Fsp3) is 0.308. The molecular formula is C13H15BrN2O4. The summed E-state index contributed by atoms with van der Waals surface area (Å²) >= 11 is 3.26. The summed E-state index contributed by atoms with van der Waals surface area (Å²) in [4.78, 5) is 35.1. The lowest BCUT2D eigenvalue weighted by molar-refractivity contribution is -0.138. The summed E-state index contributed by atoms with van der Waals surface area (Å²) in [6.07, 6.45) is -0.123. The molecule has 1 rings (SSSR count). The lowest BCUT2D eigenvalue weighted by Crippen LogP contribution is -2.39. The maximum Gasteiger partial charge on any atom is 0.305 e. The summed E-state index contributed by atoms with van der Waals surface area (Å²) in [6, 6.07) is 6.80. The molecule has 0 saturated heterocycles. The normalized spacial score (nSPS) is 9.90. The third-order valence-corrected chi connectivity index (χ3v) is 3.07. The third-order valence-electron chi connectivity index (χ3n) is 2.57. The molecule has 7 heteroatoms. The summed E-state index contributed by atoms with van der Waals surface area (Å²) in [5.74, 6) is -1.66. The van der Waals surface area contributed by atoms with Crippen molar-refractivity contribution in [2.45, 2.75) is 6.42 Å². The van der Waals surface area contributed by atoms with E-state index in [1.807, 2.05) is 0 Å². The second-order valence-corrected chi connectivity index (χ2v) is 5.07. The van der Waals surface area contributed by atoms with E-state index in [-0.39, 0.29) is 31.3 Å². The van der Waals surface area contributed by atoms with Crippen molar-refractivity contribution >= 4 is 33.7 Å². The molecular weight excluding hydrogens is 328 g/mol. The fourth-order valence-corrected chi connectivity index (χ4v) is 1.81. The van der Waals surface area contributed by atoms with Crippen LogP contribution >= 0.6 is 15.9 Å². The summed E-state index contributed by atoms with van der Waals surface area (Å²) in [5.41, 5.74) is 0.445. The van der Waals surface area contributed by atoms with Crippen LogP contribution in [0, 0.1) is 0 Å². The van der Waals surface area contributed by atoms with Crippen LogP contribution in [0.5, 0.6) is 0 Å². The van der Waals surface area contributed by atoms with Crippen molar-refractivity contribution in [3.63, 3.8) is 0 Å². The fourth-order valence-electron chi connectivity index (χ4n) is 1.41. The van der Waals surface area contributed by atoms with E-state index in [4.69, 9.17) is 5.11 Å². The number of hydrogen-bond donors (Lipinski definition) is 2. The first-order valence-corrected chi connectivity index (χ1v) is 6.69. The van der Waals surface area contributed by atoms with Crippen LogP contribution in [0.1, 0.15) is 16.8 Å². The first kappa shape index (κ1) is 16.2. The highest BCUT2D eigenvalue weighted by molar-refractivity contribution is 9.10. The molecule has 0 aliphatic heterocycles. The first-order chi connectivity index (χ1) is 9.40. The summed E-state index contributed by atoms with van der Waals surface area (Å²) in [6.45, 7) is -0.0532. The van der Waals surface area contributed by atoms with Gasteiger partial charge in [-0.3, -0.25) is 14.4 Å². The SMILES string of the molecule is CN(CCC(=O)O)C(=O)CNC(=O)c1cccc(Br)c1. The number of hydrogen-bond acceptors (Lipinski definition) is 3. The van der Waals surface area contributed by atoms with Crippen molar-refractivity contribution in [3.8, 4) is 0 Å². The predicted octanol–water partition coefficient (Wildman–Crippen LogP) is 1.11. The van der Waals surface area contributed by atoms with Crippen LogP contribution in [0.25, 0.3) is 0 Å². The average Bonchev–Trinajstić information content (AvgIpc) is 2.41. The second-order valence-electron chi connectivity index (χ2n) is 4.15. The Morgan fingerprint density at radius 3 is 2.65 bits per heavy atom. The molecule has 1 aromatic carbocycles. The van der Waals surface area contributed by atoms with Crippen molar-refractivity contribution in [1.82, 2.24) is 10.2 Å². The quantitative estimate of drug-likeness (QED) is 0.810. The van der Waals surface area contributed by atoms with Crippen LogP contribution in [-0.2, 0) is 9.59 Å². The molecule has 0 atom stereocenters. The van der Waals surface area contributed by atoms with Gasteiger partial charge in [-0.2, -0.15) is 0 Å². The highest BCUT2D eigenvalue weighted by atomic mass is 79.9. The van der Waals surface area contributed by atoms with E-state index in [0.29, 0.717) is 5.56 Å². The average molecular weight is 343 g/mol. The molecule has 1 aromatic rings. The zero-order valence-corrected chi connectivity index (χ0v) is 12.5. The van der Waals surface area contributed by atoms with E-state index < -0.39 is 5.97 Å². The van der Waals surface area contributed by atoms with Gasteiger partial charge in [0.25, 0.3) is 5.91 Å². The highest BCUT2D eigenvalue weighted by Gasteiger charge is 2.12. The van der Waals surface area contributed by atoms with E-state index in [2.05, 4.69) is 21.2 Å². The molecule has 0 heterocycles. The maximum absolute atomic E-state index is 11.8. The van der Waals surface area contributed by atoms with Crippen LogP contribution in [0.3, 0.4) is 0 Å². The van der Waals surface area contributed by atoms with Gasteiger partial charge in [-0.05, 0) is 18.2 Å². The van der Waals surface area contributed by atoms with Gasteiger partial charge in [0.15, 0.2) is 0 Å². The van der Waals surface area contributed by atoms with E-state index in [1.165, 1.54) is 11.9 Å². The maximum atomic E-state index is 11.8. The molecule has 2 amide bonds. The molecule has 0 spiro atoms. The predicted molar refractivity (Wildman–Crippen MR) is 76.4 cm³/mol. The molecule has 0 aromatic heterocycles. The third kappa shape index (κ3) is 5.40. The molecule has 0 aliphatic carbocycles. The number of amides is 2. The summed E-state index contributed by atoms with van der Waals surface area (Å²) in [5, 5.41) is 11.0. The number of halogens is 1. The van der Waals surface area contributed by atoms with Gasteiger partial charge in [-0.25, -0.2) is 0 Å². The zero-order chi connectivity index (χ0) is 15.1. The van der Waals surface area contributed by atoms with Gasteiger partial charge in [0.05, 0.1) is 13.0 Å². The largest absolute Gasteiger partial charge is 0.481 e. The topological polar surface area (TPSA) is 86.7 Å². The van der Waals surface area contributed by atoms with Gasteiger partial charge in [-0.1, -0.05) is 22.0 Å². The van der Waals surface area contributed by atoms with Crippen LogP contribution in [0.2, 0.25) is 0 Å². The molecule has 20 heavy (non-hydrogen) atoms. The molecule has 0 radical (unpaired) electrons. The van der Waals surface area contributed by atoms with Gasteiger partial charge in [0, 0.05) is 23.6 Å². The Hall–Kier alpha value is -1.89. The minimum Gasteiger partial charge on any atom is -0.481 e. The Morgan fingerprint density at radius 2 is 2.05 bits per heavy atom. The van der Waals surface area contributed by atoms with Gasteiger partial charge < -0.3 is 15.3 Å². The Labute approximate surface area is 124 Å². The molecule has 108 valence electrons. The second kappa shape index (κ2) is 7.64. The molecule has 0 saturated carbocycles. The molecule has 0 unspecified atom stereocenters. The lowest BCUT2D eigenvalue weighted by atomic mass is 10.2. The van der Waals surface area contributed by atoms with Gasteiger partial charge >= 0.3 is 5.97 Å². The monoisotopic (exact) mass is 342 g/mol. The summed E-state index contributed by atoms with van der Waals surface area (Å²) in [7, 11) is 1.50. The lowest BCUT2D eigenvalue weighted by Gasteiger charge is -2.16. The number of carbonyl (C=O) groups excluding carboxylic acids is 2. The molecule has 0 fully saturated rings. The zero-order valence-electron chi connectivity index (χ0n) is 10.9. The minimum atomic E-state index is -0.970. The number of carboxylic acids is 1. The number of nitrogens with zero attached hydrogens (tertiary/aromatic N) is 1. The van der Waals surface area contributed by atoms with E-state index in [0.717, 1.165) is 4.47 Å². The van der Waals surface area contributed by atoms with Crippen LogP contribution in [-0.4, -0.2) is 47.9 Å². The first-order valence-electron chi connectivity index (χ1n) is 5.89. The van der Waals surface area contributed by atoms with Gasteiger partial charge in [-0.15, -0.1) is 0 Å². The van der Waals surface area contributed by atoms with Gasteiger partial charge in [0.2, 0.25) is 5.91 Å². The Bertz CT molecular complexity index is 519. The highest BCUT2D eigenvalue weighted by Crippen LogP contribution is 2.11. The van der Waals surface area contributed by atoms with Crippen LogP contribution < -0.4 is 5.32 Å². The van der Waals surface area contributed by atoms with Crippen molar-refractivity contribution in [1.29, 1.82) is 0 Å². The number of likely N-dealkylation sites (N-methyl/N-ethyl adjacent to an activating group) is 1. The number of carbonyl (C=O) groups is 3. The summed E-state index contributed by atoms with van der Waals surface area (Å²) < 4.78 is 0.773. The van der Waals surface area contributed by atoms with Gasteiger partial charge in [0.1, 0.15) is 0 Å². The number of aliphatic carboxylic acids is 1. The van der Waals surface area contributed by atoms with E-state index in [1.54, 1.807) is 24.3 Å². The minimum absolute atomic E-state index is 0.112. The number of benzene rings is 1. The number of rotatable bonds is 6. The van der Waals surface area contributed by atoms with Crippen LogP contribution in [0.4, 0.5) is 0 Å². The molecule has 0 bridgehead atoms. The Kier molecular flexibility index (Phi) is 6.17.